The van der Waals surface area contributed by atoms with E-state index >= 15 is 0 Å². The monoisotopic (exact) mass is 339 g/mol. The number of piperazine rings is 1. The van der Waals surface area contributed by atoms with Gasteiger partial charge in [0.1, 0.15) is 0 Å². The first-order valence-electron chi connectivity index (χ1n) is 8.26. The van der Waals surface area contributed by atoms with Gasteiger partial charge in [-0.3, -0.25) is 14.6 Å². The average Bonchev–Trinajstić information content (AvgIpc) is 2.86. The number of amidine groups is 1. The summed E-state index contributed by atoms with van der Waals surface area (Å²) >= 11 is 1.82. The SMILES string of the molecule is COC(=O)[C@H]1CC[C@@H]1C(=O)N1CCN(C2=NCC(C)(C)S2)CC1. The summed E-state index contributed by atoms with van der Waals surface area (Å²) in [5.41, 5.74) is 0. The van der Waals surface area contributed by atoms with Crippen LogP contribution in [-0.4, -0.2) is 71.4 Å². The molecule has 128 valence electrons. The molecule has 0 spiro atoms. The summed E-state index contributed by atoms with van der Waals surface area (Å²) < 4.78 is 4.97. The molecule has 0 aromatic rings. The number of thioether (sulfide) groups is 1. The van der Waals surface area contributed by atoms with E-state index in [4.69, 9.17) is 4.74 Å². The Bertz CT molecular complexity index is 527. The molecule has 1 saturated heterocycles. The van der Waals surface area contributed by atoms with Crippen LogP contribution in [0.1, 0.15) is 26.7 Å². The third-order valence-electron chi connectivity index (χ3n) is 4.92. The maximum atomic E-state index is 12.6. The zero-order valence-corrected chi connectivity index (χ0v) is 14.9. The molecular weight excluding hydrogens is 314 g/mol. The van der Waals surface area contributed by atoms with Crippen molar-refractivity contribution < 1.29 is 14.3 Å². The first kappa shape index (κ1) is 16.6. The van der Waals surface area contributed by atoms with E-state index in [1.54, 1.807) is 0 Å². The number of carbonyl (C=O) groups is 2. The summed E-state index contributed by atoms with van der Waals surface area (Å²) in [6.07, 6.45) is 1.57. The van der Waals surface area contributed by atoms with Gasteiger partial charge in [-0.2, -0.15) is 0 Å². The van der Waals surface area contributed by atoms with Crippen molar-refractivity contribution in [3.63, 3.8) is 0 Å². The molecule has 1 amide bonds. The van der Waals surface area contributed by atoms with Gasteiger partial charge in [-0.05, 0) is 26.7 Å². The van der Waals surface area contributed by atoms with E-state index in [-0.39, 0.29) is 28.5 Å². The van der Waals surface area contributed by atoms with Crippen molar-refractivity contribution >= 4 is 28.8 Å². The van der Waals surface area contributed by atoms with Gasteiger partial charge in [-0.25, -0.2) is 0 Å². The Morgan fingerprint density at radius 1 is 1.17 bits per heavy atom. The Hall–Kier alpha value is -1.24. The van der Waals surface area contributed by atoms with Crippen LogP contribution in [0.25, 0.3) is 0 Å². The highest BCUT2D eigenvalue weighted by atomic mass is 32.2. The van der Waals surface area contributed by atoms with E-state index in [9.17, 15) is 9.59 Å². The first-order chi connectivity index (χ1) is 10.9. The number of rotatable bonds is 2. The van der Waals surface area contributed by atoms with Crippen LogP contribution in [0.2, 0.25) is 0 Å². The van der Waals surface area contributed by atoms with Gasteiger partial charge < -0.3 is 14.5 Å². The van der Waals surface area contributed by atoms with E-state index in [2.05, 4.69) is 23.7 Å². The zero-order valence-electron chi connectivity index (χ0n) is 14.1. The van der Waals surface area contributed by atoms with Gasteiger partial charge in [0.2, 0.25) is 5.91 Å². The Morgan fingerprint density at radius 3 is 2.30 bits per heavy atom. The third-order valence-corrected chi connectivity index (χ3v) is 6.17. The quantitative estimate of drug-likeness (QED) is 0.708. The van der Waals surface area contributed by atoms with Gasteiger partial charge in [-0.1, -0.05) is 11.8 Å². The molecule has 1 saturated carbocycles. The number of hydrogen-bond donors (Lipinski definition) is 0. The van der Waals surface area contributed by atoms with Crippen molar-refractivity contribution in [1.82, 2.24) is 9.80 Å². The van der Waals surface area contributed by atoms with Crippen LogP contribution in [-0.2, 0) is 14.3 Å². The predicted molar refractivity (Wildman–Crippen MR) is 90.4 cm³/mol. The normalized spacial score (nSPS) is 29.8. The number of nitrogens with zero attached hydrogens (tertiary/aromatic N) is 3. The van der Waals surface area contributed by atoms with Crippen molar-refractivity contribution in [2.45, 2.75) is 31.4 Å². The van der Waals surface area contributed by atoms with E-state index in [0.29, 0.717) is 13.1 Å². The second-order valence-corrected chi connectivity index (χ2v) is 8.76. The summed E-state index contributed by atoms with van der Waals surface area (Å²) in [6.45, 7) is 8.34. The molecule has 1 aliphatic carbocycles. The fourth-order valence-corrected chi connectivity index (χ4v) is 4.38. The maximum absolute atomic E-state index is 12.6. The van der Waals surface area contributed by atoms with E-state index in [1.807, 2.05) is 16.7 Å². The van der Waals surface area contributed by atoms with Crippen LogP contribution in [0.15, 0.2) is 4.99 Å². The van der Waals surface area contributed by atoms with Crippen molar-refractivity contribution in [3.8, 4) is 0 Å². The fourth-order valence-electron chi connectivity index (χ4n) is 3.32. The molecule has 23 heavy (non-hydrogen) atoms. The van der Waals surface area contributed by atoms with Crippen molar-refractivity contribution in [2.24, 2.45) is 16.8 Å². The van der Waals surface area contributed by atoms with Crippen LogP contribution in [0.5, 0.6) is 0 Å². The molecule has 3 rings (SSSR count). The molecule has 0 N–H and O–H groups in total. The highest BCUT2D eigenvalue weighted by molar-refractivity contribution is 8.15. The summed E-state index contributed by atoms with van der Waals surface area (Å²) in [5.74, 6) is -0.535. The molecule has 2 fully saturated rings. The molecule has 0 unspecified atom stereocenters. The summed E-state index contributed by atoms with van der Waals surface area (Å²) in [4.78, 5) is 33.1. The highest BCUT2D eigenvalue weighted by Crippen LogP contribution is 2.37. The molecular formula is C16H25N3O3S. The Labute approximate surface area is 141 Å². The van der Waals surface area contributed by atoms with Crippen LogP contribution >= 0.6 is 11.8 Å². The number of methoxy groups -OCH3 is 1. The average molecular weight is 339 g/mol. The molecule has 2 atom stereocenters. The summed E-state index contributed by atoms with van der Waals surface area (Å²) in [7, 11) is 1.39. The maximum Gasteiger partial charge on any atom is 0.309 e. The molecule has 2 heterocycles. The molecule has 0 aromatic heterocycles. The fraction of sp³-hybridized carbons (Fsp3) is 0.812. The van der Waals surface area contributed by atoms with Gasteiger partial charge in [0.25, 0.3) is 0 Å². The van der Waals surface area contributed by atoms with Crippen molar-refractivity contribution in [2.75, 3.05) is 39.8 Å². The minimum atomic E-state index is -0.243. The summed E-state index contributed by atoms with van der Waals surface area (Å²) in [5, 5.41) is 1.11. The molecule has 3 aliphatic rings. The highest BCUT2D eigenvalue weighted by Gasteiger charge is 2.44. The third kappa shape index (κ3) is 3.34. The van der Waals surface area contributed by atoms with Gasteiger partial charge in [0.05, 0.1) is 25.5 Å². The Morgan fingerprint density at radius 2 is 1.83 bits per heavy atom. The lowest BCUT2D eigenvalue weighted by Crippen LogP contribution is -2.54. The number of aliphatic imine (C=N–C) groups is 1. The van der Waals surface area contributed by atoms with Crippen molar-refractivity contribution in [3.05, 3.63) is 0 Å². The molecule has 0 radical (unpaired) electrons. The molecule has 6 nitrogen and oxygen atoms in total. The summed E-state index contributed by atoms with van der Waals surface area (Å²) in [6, 6.07) is 0. The van der Waals surface area contributed by atoms with Crippen LogP contribution in [0, 0.1) is 11.8 Å². The van der Waals surface area contributed by atoms with E-state index in [0.717, 1.165) is 37.6 Å². The second-order valence-electron chi connectivity index (χ2n) is 7.09. The van der Waals surface area contributed by atoms with Gasteiger partial charge in [0.15, 0.2) is 5.17 Å². The van der Waals surface area contributed by atoms with Crippen LogP contribution in [0.3, 0.4) is 0 Å². The second kappa shape index (κ2) is 6.34. The van der Waals surface area contributed by atoms with Crippen LogP contribution < -0.4 is 0 Å². The van der Waals surface area contributed by atoms with Gasteiger partial charge >= 0.3 is 5.97 Å². The van der Waals surface area contributed by atoms with Gasteiger partial charge in [0, 0.05) is 30.9 Å². The first-order valence-corrected chi connectivity index (χ1v) is 9.08. The molecule has 7 heteroatoms. The largest absolute Gasteiger partial charge is 0.469 e. The number of hydrogen-bond acceptors (Lipinski definition) is 6. The Kier molecular flexibility index (Phi) is 4.58. The lowest BCUT2D eigenvalue weighted by molar-refractivity contribution is -0.159. The minimum absolute atomic E-state index is 0.118. The lowest BCUT2D eigenvalue weighted by atomic mass is 9.72. The predicted octanol–water partition coefficient (Wildman–Crippen LogP) is 1.21. The van der Waals surface area contributed by atoms with Gasteiger partial charge in [-0.15, -0.1) is 0 Å². The number of esters is 1. The molecule has 2 aliphatic heterocycles. The smallest absolute Gasteiger partial charge is 0.309 e. The number of carbonyl (C=O) groups excluding carboxylic acids is 2. The topological polar surface area (TPSA) is 62.2 Å². The lowest BCUT2D eigenvalue weighted by Gasteiger charge is -2.41. The number of amides is 1. The molecule has 0 bridgehead atoms. The standard InChI is InChI=1S/C16H25N3O3S/c1-16(2)10-17-15(23-16)19-8-6-18(7-9-19)13(20)11-4-5-12(11)14(21)22-3/h11-12H,4-10H2,1-3H3/t11-,12-/m0/s1. The zero-order chi connectivity index (χ0) is 16.6. The Balaban J connectivity index is 1.51. The van der Waals surface area contributed by atoms with E-state index < -0.39 is 0 Å². The number of ether oxygens (including phenoxy) is 1. The minimum Gasteiger partial charge on any atom is -0.469 e. The molecule has 0 aromatic carbocycles. The van der Waals surface area contributed by atoms with E-state index in [1.165, 1.54) is 7.11 Å². The van der Waals surface area contributed by atoms with Crippen molar-refractivity contribution in [1.29, 1.82) is 0 Å². The van der Waals surface area contributed by atoms with Crippen LogP contribution in [0.4, 0.5) is 0 Å².